The molecule has 1 heterocycles. The monoisotopic (exact) mass is 300 g/mol. The first-order valence-electron chi connectivity index (χ1n) is 8.00. The number of hydrogen-bond donors (Lipinski definition) is 1. The number of fused-ring (bicyclic) bond motifs is 1. The minimum Gasteiger partial charge on any atom is -0.313 e. The largest absolute Gasteiger partial charge is 0.313 e. The molecule has 0 saturated heterocycles. The van der Waals surface area contributed by atoms with Crippen LogP contribution in [0.1, 0.15) is 47.5 Å². The van der Waals surface area contributed by atoms with E-state index < -0.39 is 0 Å². The molecule has 0 fully saturated rings. The summed E-state index contributed by atoms with van der Waals surface area (Å²) < 4.78 is 0. The van der Waals surface area contributed by atoms with Gasteiger partial charge in [0.05, 0.1) is 10.7 Å². The smallest absolute Gasteiger partial charge is 0.0897 e. The predicted octanol–water partition coefficient (Wildman–Crippen LogP) is 4.09. The molecule has 2 nitrogen and oxygen atoms in total. The van der Waals surface area contributed by atoms with Crippen molar-refractivity contribution in [3.63, 3.8) is 0 Å². The number of nitrogens with one attached hydrogen (secondary N) is 1. The Morgan fingerprint density at radius 1 is 1.38 bits per heavy atom. The molecule has 3 rings (SSSR count). The van der Waals surface area contributed by atoms with Gasteiger partial charge in [-0.2, -0.15) is 0 Å². The van der Waals surface area contributed by atoms with E-state index in [1.807, 2.05) is 0 Å². The highest BCUT2D eigenvalue weighted by atomic mass is 32.1. The minimum absolute atomic E-state index is 0.498. The van der Waals surface area contributed by atoms with Crippen LogP contribution >= 0.6 is 11.3 Å². The fourth-order valence-corrected chi connectivity index (χ4v) is 4.18. The molecule has 0 saturated carbocycles. The Morgan fingerprint density at radius 2 is 2.24 bits per heavy atom. The molecular formula is C18H24N2S. The summed E-state index contributed by atoms with van der Waals surface area (Å²) in [5.74, 6) is 0.622. The van der Waals surface area contributed by atoms with Gasteiger partial charge in [0, 0.05) is 17.8 Å². The second kappa shape index (κ2) is 6.71. The van der Waals surface area contributed by atoms with E-state index in [1.54, 1.807) is 22.5 Å². The van der Waals surface area contributed by atoms with E-state index in [2.05, 4.69) is 53.8 Å². The van der Waals surface area contributed by atoms with E-state index in [1.165, 1.54) is 30.0 Å². The molecule has 0 spiro atoms. The van der Waals surface area contributed by atoms with Crippen LogP contribution in [0.5, 0.6) is 0 Å². The van der Waals surface area contributed by atoms with Gasteiger partial charge >= 0.3 is 0 Å². The van der Waals surface area contributed by atoms with Crippen molar-refractivity contribution in [1.82, 2.24) is 10.3 Å². The van der Waals surface area contributed by atoms with E-state index >= 15 is 0 Å². The van der Waals surface area contributed by atoms with Crippen molar-refractivity contribution >= 4 is 11.3 Å². The summed E-state index contributed by atoms with van der Waals surface area (Å²) in [6.45, 7) is 5.31. The van der Waals surface area contributed by atoms with Gasteiger partial charge < -0.3 is 5.32 Å². The number of thiazole rings is 1. The molecule has 1 aliphatic carbocycles. The van der Waals surface area contributed by atoms with Crippen molar-refractivity contribution in [2.45, 2.75) is 51.5 Å². The Hall–Kier alpha value is -1.19. The van der Waals surface area contributed by atoms with Crippen molar-refractivity contribution in [2.24, 2.45) is 0 Å². The van der Waals surface area contributed by atoms with Gasteiger partial charge in [-0.1, -0.05) is 31.2 Å². The average molecular weight is 300 g/mol. The molecule has 1 aliphatic rings. The van der Waals surface area contributed by atoms with Gasteiger partial charge in [0.25, 0.3) is 0 Å². The van der Waals surface area contributed by atoms with E-state index in [0.29, 0.717) is 12.0 Å². The van der Waals surface area contributed by atoms with E-state index in [9.17, 15) is 0 Å². The number of aryl methyl sites for hydroxylation is 2. The molecule has 1 aromatic heterocycles. The summed E-state index contributed by atoms with van der Waals surface area (Å²) in [7, 11) is 0. The van der Waals surface area contributed by atoms with Crippen molar-refractivity contribution in [1.29, 1.82) is 0 Å². The van der Waals surface area contributed by atoms with Gasteiger partial charge in [-0.3, -0.25) is 0 Å². The molecule has 2 atom stereocenters. The number of benzene rings is 1. The lowest BCUT2D eigenvalue weighted by molar-refractivity contribution is 0.394. The van der Waals surface area contributed by atoms with E-state index in [4.69, 9.17) is 0 Å². The van der Waals surface area contributed by atoms with Crippen molar-refractivity contribution < 1.29 is 0 Å². The van der Waals surface area contributed by atoms with Crippen LogP contribution in [0.4, 0.5) is 0 Å². The van der Waals surface area contributed by atoms with Crippen molar-refractivity contribution in [3.8, 4) is 0 Å². The Kier molecular flexibility index (Phi) is 4.71. The molecule has 0 aliphatic heterocycles. The van der Waals surface area contributed by atoms with Gasteiger partial charge in [-0.15, -0.1) is 11.3 Å². The summed E-state index contributed by atoms with van der Waals surface area (Å²) in [6.07, 6.45) is 4.87. The first-order valence-corrected chi connectivity index (χ1v) is 8.88. The zero-order chi connectivity index (χ0) is 14.7. The zero-order valence-corrected chi connectivity index (χ0v) is 13.7. The number of likely N-dealkylation sites (N-methyl/N-ethyl adjacent to an activating group) is 1. The average Bonchev–Trinajstić information content (AvgIpc) is 2.91. The Morgan fingerprint density at radius 3 is 3.00 bits per heavy atom. The Bertz CT molecular complexity index is 590. The Labute approximate surface area is 131 Å². The standard InChI is InChI=1S/C18H24N2S/c1-3-19-18(11-15-12-21-13(2)20-15)17-10-6-8-14-7-4-5-9-16(14)17/h4-5,7,9,12,17-19H,3,6,8,10-11H2,1-2H3. The molecule has 2 unspecified atom stereocenters. The normalized spacial score (nSPS) is 19.2. The third-order valence-corrected chi connectivity index (χ3v) is 5.29. The van der Waals surface area contributed by atoms with Crippen molar-refractivity contribution in [2.75, 3.05) is 6.54 Å². The molecule has 1 aromatic carbocycles. The van der Waals surface area contributed by atoms with Crippen LogP contribution in [0.25, 0.3) is 0 Å². The minimum atomic E-state index is 0.498. The van der Waals surface area contributed by atoms with Gasteiger partial charge in [-0.05, 0) is 49.8 Å². The second-order valence-corrected chi connectivity index (χ2v) is 6.99. The quantitative estimate of drug-likeness (QED) is 0.899. The maximum absolute atomic E-state index is 4.66. The molecule has 21 heavy (non-hydrogen) atoms. The fraction of sp³-hybridized carbons (Fsp3) is 0.500. The summed E-state index contributed by atoms with van der Waals surface area (Å²) >= 11 is 1.76. The highest BCUT2D eigenvalue weighted by Crippen LogP contribution is 2.35. The summed E-state index contributed by atoms with van der Waals surface area (Å²) in [6, 6.07) is 9.49. The molecule has 0 radical (unpaired) electrons. The molecule has 0 bridgehead atoms. The highest BCUT2D eigenvalue weighted by molar-refractivity contribution is 7.09. The summed E-state index contributed by atoms with van der Waals surface area (Å²) in [5, 5.41) is 7.10. The number of rotatable bonds is 5. The lowest BCUT2D eigenvalue weighted by atomic mass is 9.77. The Balaban J connectivity index is 1.84. The SMILES string of the molecule is CCNC(Cc1csc(C)n1)C1CCCc2ccccc21. The lowest BCUT2D eigenvalue weighted by Crippen LogP contribution is -2.38. The van der Waals surface area contributed by atoms with Gasteiger partial charge in [0.2, 0.25) is 0 Å². The number of hydrogen-bond acceptors (Lipinski definition) is 3. The fourth-order valence-electron chi connectivity index (χ4n) is 3.56. The molecule has 1 N–H and O–H groups in total. The second-order valence-electron chi connectivity index (χ2n) is 5.92. The maximum atomic E-state index is 4.66. The van der Waals surface area contributed by atoms with Gasteiger partial charge in [-0.25, -0.2) is 4.98 Å². The van der Waals surface area contributed by atoms with Gasteiger partial charge in [0.1, 0.15) is 0 Å². The van der Waals surface area contributed by atoms with Crippen LogP contribution in [0.15, 0.2) is 29.6 Å². The van der Waals surface area contributed by atoms with Crippen LogP contribution in [-0.2, 0) is 12.8 Å². The van der Waals surface area contributed by atoms with Gasteiger partial charge in [0.15, 0.2) is 0 Å². The zero-order valence-electron chi connectivity index (χ0n) is 12.9. The highest BCUT2D eigenvalue weighted by Gasteiger charge is 2.27. The van der Waals surface area contributed by atoms with Crippen LogP contribution in [0.3, 0.4) is 0 Å². The number of aromatic nitrogens is 1. The van der Waals surface area contributed by atoms with Crippen LogP contribution in [0.2, 0.25) is 0 Å². The molecular weight excluding hydrogens is 276 g/mol. The van der Waals surface area contributed by atoms with E-state index in [0.717, 1.165) is 13.0 Å². The molecule has 112 valence electrons. The molecule has 2 aromatic rings. The van der Waals surface area contributed by atoms with E-state index in [-0.39, 0.29) is 0 Å². The summed E-state index contributed by atoms with van der Waals surface area (Å²) in [4.78, 5) is 4.66. The molecule has 0 amide bonds. The predicted molar refractivity (Wildman–Crippen MR) is 90.1 cm³/mol. The first kappa shape index (κ1) is 14.7. The number of nitrogens with zero attached hydrogens (tertiary/aromatic N) is 1. The molecule has 3 heteroatoms. The van der Waals surface area contributed by atoms with Crippen LogP contribution in [-0.4, -0.2) is 17.6 Å². The van der Waals surface area contributed by atoms with Crippen LogP contribution in [0, 0.1) is 6.92 Å². The third kappa shape index (κ3) is 3.35. The summed E-state index contributed by atoms with van der Waals surface area (Å²) in [5.41, 5.74) is 4.35. The lowest BCUT2D eigenvalue weighted by Gasteiger charge is -2.32. The topological polar surface area (TPSA) is 24.9 Å². The van der Waals surface area contributed by atoms with Crippen LogP contribution < -0.4 is 5.32 Å². The first-order chi connectivity index (χ1) is 10.3. The van der Waals surface area contributed by atoms with Crippen molar-refractivity contribution in [3.05, 3.63) is 51.5 Å². The maximum Gasteiger partial charge on any atom is 0.0897 e. The third-order valence-electron chi connectivity index (χ3n) is 4.46.